The molecule has 78 valence electrons. The van der Waals surface area contributed by atoms with Crippen LogP contribution in [0.4, 0.5) is 0 Å². The van der Waals surface area contributed by atoms with Crippen molar-refractivity contribution < 1.29 is 9.47 Å². The second-order valence-electron chi connectivity index (χ2n) is 4.37. The van der Waals surface area contributed by atoms with Crippen molar-refractivity contribution in [3.05, 3.63) is 0 Å². The van der Waals surface area contributed by atoms with Crippen molar-refractivity contribution in [2.75, 3.05) is 7.11 Å². The fourth-order valence-corrected chi connectivity index (χ4v) is 1.55. The lowest BCUT2D eigenvalue weighted by molar-refractivity contribution is -0.178. The van der Waals surface area contributed by atoms with Crippen LogP contribution in [0.2, 0.25) is 0 Å². The van der Waals surface area contributed by atoms with Gasteiger partial charge in [0.2, 0.25) is 0 Å². The molecular weight excluding hydrogens is 166 g/mol. The van der Waals surface area contributed by atoms with Gasteiger partial charge in [-0.05, 0) is 26.7 Å². The number of nitrogens with two attached hydrogens (primary N) is 1. The highest BCUT2D eigenvalue weighted by molar-refractivity contribution is 4.96. The van der Waals surface area contributed by atoms with Crippen molar-refractivity contribution in [2.24, 2.45) is 5.73 Å². The molecule has 1 saturated carbocycles. The van der Waals surface area contributed by atoms with Crippen molar-refractivity contribution in [2.45, 2.75) is 57.5 Å². The molecule has 0 aromatic heterocycles. The predicted octanol–water partition coefficient (Wildman–Crippen LogP) is 1.31. The topological polar surface area (TPSA) is 44.5 Å². The smallest absolute Gasteiger partial charge is 0.0985 e. The Kier molecular flexibility index (Phi) is 3.33. The minimum absolute atomic E-state index is 0.0540. The summed E-state index contributed by atoms with van der Waals surface area (Å²) in [6.45, 7) is 6.33. The van der Waals surface area contributed by atoms with Crippen molar-refractivity contribution in [1.29, 1.82) is 0 Å². The summed E-state index contributed by atoms with van der Waals surface area (Å²) in [5, 5.41) is 0. The molecule has 3 nitrogen and oxygen atoms in total. The van der Waals surface area contributed by atoms with E-state index < -0.39 is 0 Å². The summed E-state index contributed by atoms with van der Waals surface area (Å²) in [4.78, 5) is 0. The Balaban J connectivity index is 2.39. The number of methoxy groups -OCH3 is 1. The maximum Gasteiger partial charge on any atom is 0.0985 e. The SMILES string of the molecule is CCC(C)(C)OC1CC(N)C1OC. The molecule has 0 amide bonds. The summed E-state index contributed by atoms with van der Waals surface area (Å²) in [6.07, 6.45) is 2.21. The van der Waals surface area contributed by atoms with E-state index in [0.717, 1.165) is 12.8 Å². The van der Waals surface area contributed by atoms with E-state index in [2.05, 4.69) is 20.8 Å². The Morgan fingerprint density at radius 1 is 1.46 bits per heavy atom. The molecule has 1 fully saturated rings. The lowest BCUT2D eigenvalue weighted by Gasteiger charge is -2.44. The van der Waals surface area contributed by atoms with Gasteiger partial charge >= 0.3 is 0 Å². The molecule has 2 N–H and O–H groups in total. The van der Waals surface area contributed by atoms with E-state index in [-0.39, 0.29) is 23.9 Å². The van der Waals surface area contributed by atoms with Crippen LogP contribution in [0.15, 0.2) is 0 Å². The highest BCUT2D eigenvalue weighted by Crippen LogP contribution is 2.30. The van der Waals surface area contributed by atoms with E-state index in [0.29, 0.717) is 0 Å². The van der Waals surface area contributed by atoms with E-state index in [1.807, 2.05) is 0 Å². The van der Waals surface area contributed by atoms with E-state index in [1.54, 1.807) is 7.11 Å². The molecule has 0 heterocycles. The van der Waals surface area contributed by atoms with Crippen LogP contribution in [-0.2, 0) is 9.47 Å². The Hall–Kier alpha value is -0.120. The van der Waals surface area contributed by atoms with Gasteiger partial charge < -0.3 is 15.2 Å². The fraction of sp³-hybridized carbons (Fsp3) is 1.00. The molecular formula is C10H21NO2. The van der Waals surface area contributed by atoms with Gasteiger partial charge in [-0.2, -0.15) is 0 Å². The van der Waals surface area contributed by atoms with Crippen LogP contribution in [0.1, 0.15) is 33.6 Å². The summed E-state index contributed by atoms with van der Waals surface area (Å²) in [5.41, 5.74) is 5.72. The van der Waals surface area contributed by atoms with Crippen molar-refractivity contribution >= 4 is 0 Å². The van der Waals surface area contributed by atoms with Gasteiger partial charge in [0.25, 0.3) is 0 Å². The first-order chi connectivity index (χ1) is 6.00. The first-order valence-electron chi connectivity index (χ1n) is 4.96. The molecule has 3 atom stereocenters. The normalized spacial score (nSPS) is 34.4. The molecule has 0 bridgehead atoms. The predicted molar refractivity (Wildman–Crippen MR) is 52.6 cm³/mol. The monoisotopic (exact) mass is 187 g/mol. The molecule has 0 aliphatic heterocycles. The Bertz CT molecular complexity index is 170. The van der Waals surface area contributed by atoms with Gasteiger partial charge in [0.05, 0.1) is 17.8 Å². The zero-order valence-corrected chi connectivity index (χ0v) is 9.04. The van der Waals surface area contributed by atoms with Gasteiger partial charge in [-0.15, -0.1) is 0 Å². The molecule has 0 aromatic rings. The lowest BCUT2D eigenvalue weighted by atomic mass is 9.85. The zero-order chi connectivity index (χ0) is 10.1. The van der Waals surface area contributed by atoms with Crippen LogP contribution in [0.25, 0.3) is 0 Å². The molecule has 3 unspecified atom stereocenters. The van der Waals surface area contributed by atoms with Gasteiger partial charge in [0, 0.05) is 13.2 Å². The molecule has 13 heavy (non-hydrogen) atoms. The summed E-state index contributed by atoms with van der Waals surface area (Å²) < 4.78 is 11.1. The maximum atomic E-state index is 5.89. The second-order valence-corrected chi connectivity index (χ2v) is 4.37. The van der Waals surface area contributed by atoms with Crippen molar-refractivity contribution in [1.82, 2.24) is 0 Å². The average Bonchev–Trinajstić information content (AvgIpc) is 2.04. The molecule has 3 heteroatoms. The van der Waals surface area contributed by atoms with Crippen LogP contribution >= 0.6 is 0 Å². The van der Waals surface area contributed by atoms with E-state index >= 15 is 0 Å². The highest BCUT2D eigenvalue weighted by Gasteiger charge is 2.42. The fourth-order valence-electron chi connectivity index (χ4n) is 1.55. The number of ether oxygens (including phenoxy) is 2. The minimum Gasteiger partial charge on any atom is -0.377 e. The summed E-state index contributed by atoms with van der Waals surface area (Å²) >= 11 is 0. The molecule has 0 spiro atoms. The second kappa shape index (κ2) is 3.95. The number of hydrogen-bond donors (Lipinski definition) is 1. The van der Waals surface area contributed by atoms with Crippen LogP contribution in [0.3, 0.4) is 0 Å². The Morgan fingerprint density at radius 2 is 2.08 bits per heavy atom. The third-order valence-electron chi connectivity index (χ3n) is 2.89. The summed E-state index contributed by atoms with van der Waals surface area (Å²) in [7, 11) is 1.69. The van der Waals surface area contributed by atoms with Crippen LogP contribution in [0.5, 0.6) is 0 Å². The summed E-state index contributed by atoms with van der Waals surface area (Å²) in [6, 6.07) is 0.155. The van der Waals surface area contributed by atoms with Gasteiger partial charge in [-0.1, -0.05) is 6.92 Å². The van der Waals surface area contributed by atoms with Crippen LogP contribution in [0, 0.1) is 0 Å². The Labute approximate surface area is 80.6 Å². The Morgan fingerprint density at radius 3 is 2.46 bits per heavy atom. The molecule has 0 saturated heterocycles. The first-order valence-corrected chi connectivity index (χ1v) is 4.96. The van der Waals surface area contributed by atoms with Gasteiger partial charge in [0.15, 0.2) is 0 Å². The molecule has 0 aromatic carbocycles. The highest BCUT2D eigenvalue weighted by atomic mass is 16.6. The molecule has 0 radical (unpaired) electrons. The largest absolute Gasteiger partial charge is 0.377 e. The van der Waals surface area contributed by atoms with E-state index in [9.17, 15) is 0 Å². The zero-order valence-electron chi connectivity index (χ0n) is 9.04. The third-order valence-corrected chi connectivity index (χ3v) is 2.89. The van der Waals surface area contributed by atoms with Crippen LogP contribution in [-0.4, -0.2) is 31.0 Å². The van der Waals surface area contributed by atoms with Gasteiger partial charge in [0.1, 0.15) is 0 Å². The molecule has 1 aliphatic carbocycles. The van der Waals surface area contributed by atoms with Crippen molar-refractivity contribution in [3.8, 4) is 0 Å². The average molecular weight is 187 g/mol. The van der Waals surface area contributed by atoms with Gasteiger partial charge in [-0.3, -0.25) is 0 Å². The number of hydrogen-bond acceptors (Lipinski definition) is 3. The minimum atomic E-state index is -0.0540. The summed E-state index contributed by atoms with van der Waals surface area (Å²) in [5.74, 6) is 0. The first kappa shape index (κ1) is 11.0. The van der Waals surface area contributed by atoms with Crippen molar-refractivity contribution in [3.63, 3.8) is 0 Å². The maximum absolute atomic E-state index is 5.89. The number of rotatable bonds is 4. The third kappa shape index (κ3) is 2.42. The van der Waals surface area contributed by atoms with Crippen LogP contribution < -0.4 is 5.73 Å². The molecule has 1 rings (SSSR count). The lowest BCUT2D eigenvalue weighted by Crippen LogP contribution is -2.59. The van der Waals surface area contributed by atoms with Gasteiger partial charge in [-0.25, -0.2) is 0 Å². The standard InChI is InChI=1S/C10H21NO2/c1-5-10(2,3)13-8-6-7(11)9(8)12-4/h7-9H,5-6,11H2,1-4H3. The van der Waals surface area contributed by atoms with E-state index in [4.69, 9.17) is 15.2 Å². The quantitative estimate of drug-likeness (QED) is 0.721. The van der Waals surface area contributed by atoms with E-state index in [1.165, 1.54) is 0 Å². The molecule has 1 aliphatic rings.